The maximum absolute atomic E-state index is 16.2. The van der Waals surface area contributed by atoms with E-state index in [9.17, 15) is 13.2 Å². The molecule has 0 amide bonds. The Morgan fingerprint density at radius 2 is 0.703 bits per heavy atom. The van der Waals surface area contributed by atoms with Gasteiger partial charge in [0.2, 0.25) is 22.9 Å². The van der Waals surface area contributed by atoms with Gasteiger partial charge in [-0.2, -0.15) is 35.7 Å². The van der Waals surface area contributed by atoms with Crippen LogP contribution in [0.4, 0.5) is 56.1 Å². The van der Waals surface area contributed by atoms with Crippen LogP contribution in [0, 0.1) is 68.2 Å². The molecule has 0 spiro atoms. The van der Waals surface area contributed by atoms with E-state index in [0.717, 1.165) is 108 Å². The second-order valence-corrected chi connectivity index (χ2v) is 42.6. The third-order valence-corrected chi connectivity index (χ3v) is 34.0. The summed E-state index contributed by atoms with van der Waals surface area (Å²) in [5, 5.41) is 6.76. The number of hydrogen-bond donors (Lipinski definition) is 0. The van der Waals surface area contributed by atoms with Crippen molar-refractivity contribution < 1.29 is 86.9 Å². The number of unbranched alkanes of at least 4 members (excludes halogenated alkanes) is 2. The van der Waals surface area contributed by atoms with Gasteiger partial charge in [0, 0.05) is 141 Å². The molecule has 6 atom stereocenters. The molecule has 6 nitrogen and oxygen atoms in total. The first-order valence-corrected chi connectivity index (χ1v) is 55.4. The van der Waals surface area contributed by atoms with Crippen molar-refractivity contribution in [1.29, 1.82) is 0 Å². The molecule has 15 heteroatoms. The van der Waals surface area contributed by atoms with E-state index in [1.165, 1.54) is 285 Å². The van der Waals surface area contributed by atoms with Gasteiger partial charge in [0.05, 0.1) is 16.4 Å². The number of fused-ring (bicyclic) bond motifs is 9. The van der Waals surface area contributed by atoms with Crippen LogP contribution < -0.4 is 14.7 Å². The average molecular weight is 2160 g/mol. The fraction of sp³-hybridized carbons (Fsp3) is 0.481. The fourth-order valence-electron chi connectivity index (χ4n) is 25.6. The maximum Gasteiger partial charge on any atom is 2.00 e. The normalized spacial score (nSPS) is 20.9. The van der Waals surface area contributed by atoms with E-state index in [1.807, 2.05) is 34.9 Å². The minimum Gasteiger partial charge on any atom is -0.372 e. The molecule has 6 saturated carbocycles. The van der Waals surface area contributed by atoms with Gasteiger partial charge in [-0.15, -0.1) is 11.6 Å². The van der Waals surface area contributed by atoms with Crippen LogP contribution in [-0.4, -0.2) is 101 Å². The third kappa shape index (κ3) is 29.6. The Morgan fingerprint density at radius 1 is 0.365 bits per heavy atom. The molecular formula is C133H181ClF5Fe3N6+3. The first kappa shape index (κ1) is 129. The van der Waals surface area contributed by atoms with E-state index in [-0.39, 0.29) is 135 Å². The standard InChI is InChI=1S/C40H51N2.C39H48ClN2.C33H34F5N2.3C5H10.6CH3.3Fe/c1-4-41(5-2)35-26-22-32(23-27-35)24-29-38-40(3,34-19-7-6-8-20-34)39-36-21-12-11-18-33(36)25-28-37(39)42(38)30-14-13-17-31-15-9-10-16-31;1-4-41(5-2)32-24-20-30(21-25-32)22-27-37-39(3,34-18-12-19-35(34)40)38-33-17-9-8-16-31(33)23-26-36(38)42(37)28-11-10-15-29-13-6-7-14-29;1-4-39(5-2)24-18-14-22(15-19-24)16-21-28-32(3,33(37,38)30(34)31(35)36)29-26-13-9-6-10-23(26)17-20-27(29)40(28)25-11-7-8-12-25;3*1-2-4-5-3-1;;;;;;;;;/h7,11-12,18-19,21-29,31,34H,4-6,8-10,13-17,20,30H2,1-3H3;8-9,12,16-18,20-27,29,34-35H,4-7,10-11,13-15,19,28H2,1-3H3;6,9-10,13-21,25H,4-5,7-8,11-12H2,1-3H3;3*1-5H2;6*1H3;;;/q3*+1;;;;6*-1;3*+2. The van der Waals surface area contributed by atoms with Crippen molar-refractivity contribution in [3.8, 4) is 0 Å². The van der Waals surface area contributed by atoms with Crippen molar-refractivity contribution >= 4 is 113 Å². The monoisotopic (exact) mass is 2160 g/mol. The summed E-state index contributed by atoms with van der Waals surface area (Å²) < 4.78 is 81.6. The van der Waals surface area contributed by atoms with Crippen LogP contribution in [0.5, 0.6) is 0 Å². The average Bonchev–Trinajstić information content (AvgIpc) is 1.53. The molecule has 9 aromatic carbocycles. The molecule has 3 aliphatic heterocycles. The van der Waals surface area contributed by atoms with Gasteiger partial charge < -0.3 is 59.3 Å². The summed E-state index contributed by atoms with van der Waals surface area (Å²) in [6.07, 6.45) is 69.7. The van der Waals surface area contributed by atoms with Crippen molar-refractivity contribution in [3.63, 3.8) is 0 Å². The summed E-state index contributed by atoms with van der Waals surface area (Å²) in [4.78, 5) is 7.01. The van der Waals surface area contributed by atoms with Crippen molar-refractivity contribution in [2.75, 3.05) is 67.1 Å². The topological polar surface area (TPSA) is 18.8 Å². The van der Waals surface area contributed by atoms with Crippen molar-refractivity contribution in [1.82, 2.24) is 0 Å². The van der Waals surface area contributed by atoms with E-state index in [1.54, 1.807) is 48.0 Å². The van der Waals surface area contributed by atoms with Gasteiger partial charge in [-0.05, 0) is 253 Å². The molecule has 806 valence electrons. The summed E-state index contributed by atoms with van der Waals surface area (Å²) in [6.45, 7) is 27.3. The quantitative estimate of drug-likeness (QED) is 0.00850. The zero-order valence-electron chi connectivity index (χ0n) is 92.9. The maximum atomic E-state index is 16.2. The molecule has 11 aliphatic rings. The Labute approximate surface area is 931 Å². The van der Waals surface area contributed by atoms with Gasteiger partial charge in [-0.1, -0.05) is 294 Å². The van der Waals surface area contributed by atoms with Gasteiger partial charge in [0.15, 0.2) is 28.6 Å². The van der Waals surface area contributed by atoms with Gasteiger partial charge in [-0.3, -0.25) is 0 Å². The number of rotatable bonds is 30. The third-order valence-electron chi connectivity index (χ3n) is 33.6. The fourth-order valence-corrected chi connectivity index (χ4v) is 26.0. The zero-order chi connectivity index (χ0) is 97.3. The number of benzene rings is 9. The predicted molar refractivity (Wildman–Crippen MR) is 626 cm³/mol. The predicted octanol–water partition coefficient (Wildman–Crippen LogP) is 38.7. The molecule has 0 N–H and O–H groups in total. The van der Waals surface area contributed by atoms with E-state index in [2.05, 4.69) is 249 Å². The Hall–Kier alpha value is -7.89. The summed E-state index contributed by atoms with van der Waals surface area (Å²) in [6, 6.07) is 64.1. The van der Waals surface area contributed by atoms with Crippen molar-refractivity contribution in [2.24, 2.45) is 23.7 Å². The number of hydrogen-bond acceptors (Lipinski definition) is 3. The number of nitrogens with zero attached hydrogens (tertiary/aromatic N) is 6. The van der Waals surface area contributed by atoms with Crippen molar-refractivity contribution in [2.45, 2.75) is 333 Å². The summed E-state index contributed by atoms with van der Waals surface area (Å²) in [7, 11) is 0. The molecule has 0 bridgehead atoms. The smallest absolute Gasteiger partial charge is 0.372 e. The molecule has 9 aromatic rings. The van der Waals surface area contributed by atoms with Crippen LogP contribution in [0.1, 0.15) is 333 Å². The summed E-state index contributed by atoms with van der Waals surface area (Å²) in [5.41, 5.74) is 13.8. The van der Waals surface area contributed by atoms with E-state index in [4.69, 9.17) is 11.6 Å². The zero-order valence-corrected chi connectivity index (χ0v) is 97.0. The molecular weight excluding hydrogens is 1980 g/mol. The van der Waals surface area contributed by atoms with Gasteiger partial charge >= 0.3 is 63.2 Å². The summed E-state index contributed by atoms with van der Waals surface area (Å²) in [5.74, 6) is -4.50. The van der Waals surface area contributed by atoms with Crippen LogP contribution in [0.15, 0.2) is 236 Å². The molecule has 6 fully saturated rings. The second-order valence-electron chi connectivity index (χ2n) is 42.0. The van der Waals surface area contributed by atoms with E-state index in [0.29, 0.717) is 22.4 Å². The van der Waals surface area contributed by atoms with Crippen LogP contribution in [0.3, 0.4) is 0 Å². The SMILES string of the molecule is C1CCCC1.C1CCCC1.C1CCCC1.CCN(CC)c1ccc(/C=C/C2=[N+](C3CCCC3)c3ccc4ccccc4c3C2(C)C(F)(F)C(F)=C(F)F)cc1.CCN(CC)c1ccc(/C=C/C2=[N+](CCCCC3CCCC3)c3ccc4ccccc4c3C2(C)C2C=CCC2Cl)cc1.CCN(CC)c1ccc(/C=C/C2=[N+](CCCCC3CCCC3)c3ccc4ccccc4c3C2(C)C2C=CCCC2)cc1.[CH3-].[CH3-].[CH3-].[CH3-].[CH3-].[CH3-].[Fe+2].[Fe+2].[Fe+2]. The van der Waals surface area contributed by atoms with Crippen LogP contribution in [0.2, 0.25) is 0 Å². The van der Waals surface area contributed by atoms with E-state index >= 15 is 8.78 Å². The molecule has 3 heterocycles. The molecule has 6 unspecified atom stereocenters. The van der Waals surface area contributed by atoms with Crippen LogP contribution in [0.25, 0.3) is 50.5 Å². The Bertz CT molecular complexity index is 5760. The number of alkyl halides is 3. The molecule has 0 aromatic heterocycles. The first-order valence-electron chi connectivity index (χ1n) is 55.0. The van der Waals surface area contributed by atoms with E-state index < -0.39 is 23.2 Å². The van der Waals surface area contributed by atoms with Gasteiger partial charge in [0.25, 0.3) is 0 Å². The minimum absolute atomic E-state index is 0. The van der Waals surface area contributed by atoms with Crippen LogP contribution >= 0.6 is 11.6 Å². The van der Waals surface area contributed by atoms with Gasteiger partial charge in [-0.25, -0.2) is 0 Å². The molecule has 148 heavy (non-hydrogen) atoms. The molecule has 8 aliphatic carbocycles. The number of allylic oxidation sites excluding steroid dienone is 8. The second kappa shape index (κ2) is 62.5. The Kier molecular flexibility index (Phi) is 54.3. The molecule has 0 radical (unpaired) electrons. The minimum atomic E-state index is -4.50. The first-order chi connectivity index (χ1) is 67.8. The Morgan fingerprint density at radius 3 is 1.05 bits per heavy atom. The van der Waals surface area contributed by atoms with Gasteiger partial charge in [0.1, 0.15) is 13.1 Å². The largest absolute Gasteiger partial charge is 2.00 e. The number of anilines is 3. The molecule has 0 saturated heterocycles. The molecule has 20 rings (SSSR count). The Balaban J connectivity index is 0.000000306. The summed E-state index contributed by atoms with van der Waals surface area (Å²) >= 11 is 7.15. The van der Waals surface area contributed by atoms with Crippen molar-refractivity contribution in [3.05, 3.63) is 314 Å². The number of halogens is 6. The van der Waals surface area contributed by atoms with Crippen LogP contribution in [-0.2, 0) is 67.5 Å².